The first-order chi connectivity index (χ1) is 9.12. The Labute approximate surface area is 112 Å². The van der Waals surface area contributed by atoms with Gasteiger partial charge in [0.05, 0.1) is 26.4 Å². The largest absolute Gasteiger partial charge is 0.493 e. The Kier molecular flexibility index (Phi) is 6.11. The van der Waals surface area contributed by atoms with E-state index in [-0.39, 0.29) is 6.61 Å². The van der Waals surface area contributed by atoms with E-state index in [2.05, 4.69) is 4.89 Å². The van der Waals surface area contributed by atoms with Crippen molar-refractivity contribution < 1.29 is 28.8 Å². The Balaban J connectivity index is 2.67. The normalized spacial score (nSPS) is 10.4. The van der Waals surface area contributed by atoms with E-state index >= 15 is 0 Å². The van der Waals surface area contributed by atoms with Crippen molar-refractivity contribution in [2.75, 3.05) is 27.9 Å². The summed E-state index contributed by atoms with van der Waals surface area (Å²) in [6.07, 6.45) is 0.441. The van der Waals surface area contributed by atoms with Crippen molar-refractivity contribution in [3.8, 4) is 11.5 Å². The van der Waals surface area contributed by atoms with E-state index in [0.29, 0.717) is 23.2 Å². The second kappa shape index (κ2) is 7.60. The predicted molar refractivity (Wildman–Crippen MR) is 66.8 cm³/mol. The summed E-state index contributed by atoms with van der Waals surface area (Å²) < 4.78 is 15.0. The monoisotopic (exact) mass is 269 g/mol. The van der Waals surface area contributed by atoms with E-state index < -0.39 is 5.97 Å². The number of ether oxygens (including phenoxy) is 3. The fourth-order valence-electron chi connectivity index (χ4n) is 1.35. The smallest absolute Gasteiger partial charge is 0.373 e. The first-order valence-electron chi connectivity index (χ1n) is 5.54. The summed E-state index contributed by atoms with van der Waals surface area (Å²) in [5, 5.41) is 0. The summed E-state index contributed by atoms with van der Waals surface area (Å²) in [6, 6.07) is 4.68. The molecule has 0 aliphatic carbocycles. The maximum Gasteiger partial charge on any atom is 0.373 e. The molecular formula is C13H17O6. The number of rotatable bonds is 7. The van der Waals surface area contributed by atoms with E-state index in [1.165, 1.54) is 27.4 Å². The van der Waals surface area contributed by atoms with Gasteiger partial charge < -0.3 is 14.2 Å². The zero-order valence-corrected chi connectivity index (χ0v) is 11.4. The molecule has 19 heavy (non-hydrogen) atoms. The second-order valence-corrected chi connectivity index (χ2v) is 3.66. The molecule has 0 unspecified atom stereocenters. The molecule has 0 bridgehead atoms. The average molecular weight is 269 g/mol. The van der Waals surface area contributed by atoms with Gasteiger partial charge in [-0.2, -0.15) is 4.89 Å². The van der Waals surface area contributed by atoms with Crippen molar-refractivity contribution in [3.05, 3.63) is 29.9 Å². The van der Waals surface area contributed by atoms with Crippen LogP contribution < -0.4 is 9.47 Å². The molecule has 1 aromatic rings. The molecule has 0 aromatic heterocycles. The Morgan fingerprint density at radius 1 is 1.05 bits per heavy atom. The minimum absolute atomic E-state index is 0.249. The lowest BCUT2D eigenvalue weighted by Gasteiger charge is -2.10. The highest BCUT2D eigenvalue weighted by Crippen LogP contribution is 2.27. The van der Waals surface area contributed by atoms with Crippen LogP contribution in [-0.2, 0) is 14.5 Å². The molecule has 0 heterocycles. The third-order valence-corrected chi connectivity index (χ3v) is 2.23. The molecule has 6 heteroatoms. The number of benzene rings is 1. The highest BCUT2D eigenvalue weighted by molar-refractivity contribution is 5.89. The van der Waals surface area contributed by atoms with Gasteiger partial charge in [-0.15, -0.1) is 0 Å². The summed E-state index contributed by atoms with van der Waals surface area (Å²) in [4.78, 5) is 21.2. The van der Waals surface area contributed by atoms with E-state index in [4.69, 9.17) is 19.1 Å². The van der Waals surface area contributed by atoms with Gasteiger partial charge >= 0.3 is 5.97 Å². The molecule has 0 saturated heterocycles. The van der Waals surface area contributed by atoms with Gasteiger partial charge in [0.25, 0.3) is 0 Å². The van der Waals surface area contributed by atoms with Crippen LogP contribution in [0.3, 0.4) is 0 Å². The van der Waals surface area contributed by atoms with E-state index in [0.717, 1.165) is 0 Å². The van der Waals surface area contributed by atoms with Gasteiger partial charge in [0.2, 0.25) is 0 Å². The fourth-order valence-corrected chi connectivity index (χ4v) is 1.35. The van der Waals surface area contributed by atoms with Gasteiger partial charge in [-0.25, -0.2) is 4.79 Å². The minimum Gasteiger partial charge on any atom is -0.493 e. The molecule has 0 aliphatic rings. The third kappa shape index (κ3) is 4.42. The van der Waals surface area contributed by atoms with Crippen molar-refractivity contribution in [1.82, 2.24) is 0 Å². The Morgan fingerprint density at radius 3 is 2.32 bits per heavy atom. The van der Waals surface area contributed by atoms with Crippen LogP contribution in [0.4, 0.5) is 0 Å². The molecular weight excluding hydrogens is 252 g/mol. The SMILES string of the molecule is COC[C](C)OOC(=O)c1ccc(OC)c(OC)c1. The van der Waals surface area contributed by atoms with Gasteiger partial charge in [0, 0.05) is 7.11 Å². The van der Waals surface area contributed by atoms with E-state index in [9.17, 15) is 4.79 Å². The summed E-state index contributed by atoms with van der Waals surface area (Å²) in [7, 11) is 4.52. The molecule has 6 nitrogen and oxygen atoms in total. The number of carbonyl (C=O) groups is 1. The van der Waals surface area contributed by atoms with Gasteiger partial charge in [-0.05, 0) is 25.1 Å². The Hall–Kier alpha value is -1.79. The molecule has 0 spiro atoms. The fraction of sp³-hybridized carbons (Fsp3) is 0.385. The first kappa shape index (κ1) is 15.3. The predicted octanol–water partition coefficient (Wildman–Crippen LogP) is 1.99. The summed E-state index contributed by atoms with van der Waals surface area (Å²) in [5.74, 6) is 0.341. The zero-order valence-electron chi connectivity index (χ0n) is 11.4. The number of methoxy groups -OCH3 is 3. The molecule has 1 rings (SSSR count). The van der Waals surface area contributed by atoms with Gasteiger partial charge in [0.15, 0.2) is 17.6 Å². The minimum atomic E-state index is -0.628. The lowest BCUT2D eigenvalue weighted by molar-refractivity contribution is -0.237. The van der Waals surface area contributed by atoms with Crippen LogP contribution in [0.1, 0.15) is 17.3 Å². The zero-order chi connectivity index (χ0) is 14.3. The van der Waals surface area contributed by atoms with Crippen LogP contribution in [0.2, 0.25) is 0 Å². The standard InChI is InChI=1S/C13H17O6/c1-9(8-15-2)18-19-13(14)10-5-6-11(16-3)12(7-10)17-4/h5-7H,8H2,1-4H3. The highest BCUT2D eigenvalue weighted by Gasteiger charge is 2.14. The molecule has 0 aliphatic heterocycles. The molecule has 0 N–H and O–H groups in total. The Morgan fingerprint density at radius 2 is 1.74 bits per heavy atom. The molecule has 0 amide bonds. The summed E-state index contributed by atoms with van der Waals surface area (Å²) in [5.41, 5.74) is 0.294. The van der Waals surface area contributed by atoms with Crippen molar-refractivity contribution >= 4 is 5.97 Å². The van der Waals surface area contributed by atoms with Crippen LogP contribution in [0.5, 0.6) is 11.5 Å². The lowest BCUT2D eigenvalue weighted by atomic mass is 10.2. The van der Waals surface area contributed by atoms with Crippen LogP contribution in [0.15, 0.2) is 18.2 Å². The van der Waals surface area contributed by atoms with Crippen molar-refractivity contribution in [2.24, 2.45) is 0 Å². The number of carbonyl (C=O) groups excluding carboxylic acids is 1. The molecule has 1 aromatic carbocycles. The number of hydrogen-bond donors (Lipinski definition) is 0. The number of hydrogen-bond acceptors (Lipinski definition) is 6. The molecule has 1 radical (unpaired) electrons. The van der Waals surface area contributed by atoms with E-state index in [1.807, 2.05) is 0 Å². The molecule has 0 fully saturated rings. The topological polar surface area (TPSA) is 63.2 Å². The van der Waals surface area contributed by atoms with Crippen molar-refractivity contribution in [3.63, 3.8) is 0 Å². The second-order valence-electron chi connectivity index (χ2n) is 3.66. The van der Waals surface area contributed by atoms with Crippen LogP contribution >= 0.6 is 0 Å². The maximum atomic E-state index is 11.7. The van der Waals surface area contributed by atoms with Crippen molar-refractivity contribution in [2.45, 2.75) is 6.92 Å². The summed E-state index contributed by atoms with van der Waals surface area (Å²) >= 11 is 0. The molecule has 105 valence electrons. The molecule has 0 atom stereocenters. The Bertz CT molecular complexity index is 418. The average Bonchev–Trinajstić information content (AvgIpc) is 2.44. The molecule has 0 saturated carbocycles. The van der Waals surface area contributed by atoms with Gasteiger partial charge in [-0.1, -0.05) is 0 Å². The van der Waals surface area contributed by atoms with Crippen molar-refractivity contribution in [1.29, 1.82) is 0 Å². The maximum absolute atomic E-state index is 11.7. The quantitative estimate of drug-likeness (QED) is 0.557. The third-order valence-electron chi connectivity index (χ3n) is 2.23. The van der Waals surface area contributed by atoms with Gasteiger partial charge in [0.1, 0.15) is 0 Å². The first-order valence-corrected chi connectivity index (χ1v) is 5.54. The van der Waals surface area contributed by atoms with Crippen LogP contribution in [-0.4, -0.2) is 33.9 Å². The lowest BCUT2D eigenvalue weighted by Crippen LogP contribution is -2.12. The van der Waals surface area contributed by atoms with E-state index in [1.54, 1.807) is 19.1 Å². The van der Waals surface area contributed by atoms with Crippen LogP contribution in [0.25, 0.3) is 0 Å². The highest BCUT2D eigenvalue weighted by atomic mass is 17.2. The summed E-state index contributed by atoms with van der Waals surface area (Å²) in [6.45, 7) is 1.89. The van der Waals surface area contributed by atoms with Crippen LogP contribution in [0, 0.1) is 6.10 Å². The van der Waals surface area contributed by atoms with Gasteiger partial charge in [-0.3, -0.25) is 4.89 Å².